The summed E-state index contributed by atoms with van der Waals surface area (Å²) in [4.78, 5) is 14.9. The molecule has 138 valence electrons. The zero-order valence-corrected chi connectivity index (χ0v) is 15.9. The largest absolute Gasteiger partial charge is 0.493 e. The Balaban J connectivity index is 1.89. The molecule has 1 saturated carbocycles. The lowest BCUT2D eigenvalue weighted by molar-refractivity contribution is 0.0729. The van der Waals surface area contributed by atoms with Gasteiger partial charge in [0, 0.05) is 23.2 Å². The first-order chi connectivity index (χ1) is 12.6. The third kappa shape index (κ3) is 3.88. The van der Waals surface area contributed by atoms with Crippen LogP contribution >= 0.6 is 11.6 Å². The fourth-order valence-electron chi connectivity index (χ4n) is 2.93. The van der Waals surface area contributed by atoms with E-state index in [0.29, 0.717) is 34.4 Å². The second-order valence-corrected chi connectivity index (χ2v) is 6.64. The van der Waals surface area contributed by atoms with Crippen LogP contribution in [0.1, 0.15) is 28.8 Å². The minimum Gasteiger partial charge on any atom is -0.493 e. The van der Waals surface area contributed by atoms with Gasteiger partial charge in [-0.2, -0.15) is 0 Å². The van der Waals surface area contributed by atoms with E-state index in [0.717, 1.165) is 18.4 Å². The highest BCUT2D eigenvalue weighted by Crippen LogP contribution is 2.39. The van der Waals surface area contributed by atoms with Gasteiger partial charge >= 0.3 is 0 Å². The molecule has 2 aromatic carbocycles. The Bertz CT molecular complexity index is 762. The minimum absolute atomic E-state index is 0.00193. The Hall–Kier alpha value is -2.40. The van der Waals surface area contributed by atoms with Crippen LogP contribution in [0, 0.1) is 0 Å². The molecular formula is C20H22ClNO4. The molecule has 1 aliphatic rings. The summed E-state index contributed by atoms with van der Waals surface area (Å²) in [6.07, 6.45) is 2.04. The Labute approximate surface area is 158 Å². The quantitative estimate of drug-likeness (QED) is 0.728. The summed E-state index contributed by atoms with van der Waals surface area (Å²) in [7, 11) is 4.73. The van der Waals surface area contributed by atoms with Crippen molar-refractivity contribution >= 4 is 17.5 Å². The zero-order chi connectivity index (χ0) is 18.7. The number of carbonyl (C=O) groups excluding carboxylic acids is 1. The van der Waals surface area contributed by atoms with Crippen molar-refractivity contribution in [3.05, 3.63) is 52.5 Å². The molecule has 0 unspecified atom stereocenters. The molecule has 0 aliphatic heterocycles. The Kier molecular flexibility index (Phi) is 5.57. The maximum Gasteiger partial charge on any atom is 0.254 e. The maximum absolute atomic E-state index is 13.0. The van der Waals surface area contributed by atoms with Gasteiger partial charge in [-0.15, -0.1) is 0 Å². The van der Waals surface area contributed by atoms with Crippen LogP contribution in [-0.4, -0.2) is 38.2 Å². The van der Waals surface area contributed by atoms with E-state index < -0.39 is 0 Å². The molecule has 0 N–H and O–H groups in total. The predicted octanol–water partition coefficient (Wildman–Crippen LogP) is 4.17. The van der Waals surface area contributed by atoms with Crippen molar-refractivity contribution in [1.82, 2.24) is 4.90 Å². The molecule has 1 amide bonds. The Morgan fingerprint density at radius 2 is 1.62 bits per heavy atom. The lowest BCUT2D eigenvalue weighted by atomic mass is 10.1. The lowest BCUT2D eigenvalue weighted by Gasteiger charge is -2.24. The summed E-state index contributed by atoms with van der Waals surface area (Å²) in [5.74, 6) is 1.70. The number of hydrogen-bond donors (Lipinski definition) is 0. The molecule has 26 heavy (non-hydrogen) atoms. The average Bonchev–Trinajstić information content (AvgIpc) is 3.50. The van der Waals surface area contributed by atoms with Crippen LogP contribution < -0.4 is 14.2 Å². The van der Waals surface area contributed by atoms with Crippen LogP contribution in [0.2, 0.25) is 5.02 Å². The van der Waals surface area contributed by atoms with E-state index in [2.05, 4.69) is 0 Å². The van der Waals surface area contributed by atoms with E-state index in [1.54, 1.807) is 45.6 Å². The third-order valence-electron chi connectivity index (χ3n) is 4.42. The molecule has 1 fully saturated rings. The summed E-state index contributed by atoms with van der Waals surface area (Å²) in [5.41, 5.74) is 1.56. The number of ether oxygens (including phenoxy) is 3. The van der Waals surface area contributed by atoms with Gasteiger partial charge in [-0.25, -0.2) is 0 Å². The van der Waals surface area contributed by atoms with Gasteiger partial charge in [0.15, 0.2) is 11.5 Å². The van der Waals surface area contributed by atoms with Crippen molar-refractivity contribution < 1.29 is 19.0 Å². The molecule has 0 aromatic heterocycles. The first-order valence-corrected chi connectivity index (χ1v) is 8.80. The monoisotopic (exact) mass is 375 g/mol. The number of carbonyl (C=O) groups is 1. The molecule has 1 aliphatic carbocycles. The summed E-state index contributed by atoms with van der Waals surface area (Å²) >= 11 is 5.93. The molecule has 6 heteroatoms. The molecule has 3 rings (SSSR count). The van der Waals surface area contributed by atoms with Gasteiger partial charge in [0.2, 0.25) is 5.75 Å². The smallest absolute Gasteiger partial charge is 0.254 e. The van der Waals surface area contributed by atoms with Crippen LogP contribution in [0.25, 0.3) is 0 Å². The lowest BCUT2D eigenvalue weighted by Crippen LogP contribution is -2.32. The highest BCUT2D eigenvalue weighted by atomic mass is 35.5. The van der Waals surface area contributed by atoms with E-state index >= 15 is 0 Å². The van der Waals surface area contributed by atoms with Crippen LogP contribution in [0.5, 0.6) is 17.2 Å². The number of rotatable bonds is 7. The van der Waals surface area contributed by atoms with Crippen molar-refractivity contribution in [3.8, 4) is 17.2 Å². The van der Waals surface area contributed by atoms with Gasteiger partial charge in [-0.3, -0.25) is 4.79 Å². The molecule has 2 aromatic rings. The second kappa shape index (κ2) is 7.87. The van der Waals surface area contributed by atoms with Gasteiger partial charge in [-0.1, -0.05) is 11.6 Å². The normalized spacial score (nSPS) is 13.2. The van der Waals surface area contributed by atoms with Crippen molar-refractivity contribution in [2.75, 3.05) is 21.3 Å². The topological polar surface area (TPSA) is 48.0 Å². The number of methoxy groups -OCH3 is 3. The molecule has 0 bridgehead atoms. The van der Waals surface area contributed by atoms with Crippen molar-refractivity contribution in [2.45, 2.75) is 25.4 Å². The molecule has 0 heterocycles. The highest BCUT2D eigenvalue weighted by molar-refractivity contribution is 6.30. The summed E-state index contributed by atoms with van der Waals surface area (Å²) in [5, 5.41) is 0.615. The Morgan fingerprint density at radius 1 is 1.04 bits per heavy atom. The van der Waals surface area contributed by atoms with E-state index in [1.165, 1.54) is 0 Å². The van der Waals surface area contributed by atoms with Gasteiger partial charge in [-0.05, 0) is 54.8 Å². The molecule has 0 saturated heterocycles. The number of halogens is 1. The van der Waals surface area contributed by atoms with Crippen molar-refractivity contribution in [2.24, 2.45) is 0 Å². The minimum atomic E-state index is -0.00193. The van der Waals surface area contributed by atoms with E-state index in [-0.39, 0.29) is 11.9 Å². The number of amides is 1. The first-order valence-electron chi connectivity index (χ1n) is 8.42. The van der Waals surface area contributed by atoms with Crippen molar-refractivity contribution in [3.63, 3.8) is 0 Å². The standard InChI is InChI=1S/C20H22ClNO4/c1-24-17-10-13(11-18(25-2)19(17)26-3)12-22(16-8-9-16)20(23)14-4-6-15(21)7-5-14/h4-7,10-11,16H,8-9,12H2,1-3H3. The summed E-state index contributed by atoms with van der Waals surface area (Å²) < 4.78 is 16.2. The number of hydrogen-bond acceptors (Lipinski definition) is 4. The van der Waals surface area contributed by atoms with Crippen LogP contribution in [0.15, 0.2) is 36.4 Å². The fraction of sp³-hybridized carbons (Fsp3) is 0.350. The van der Waals surface area contributed by atoms with E-state index in [4.69, 9.17) is 25.8 Å². The van der Waals surface area contributed by atoms with Gasteiger partial charge in [0.25, 0.3) is 5.91 Å². The molecule has 5 nitrogen and oxygen atoms in total. The predicted molar refractivity (Wildman–Crippen MR) is 100 cm³/mol. The van der Waals surface area contributed by atoms with Crippen LogP contribution in [-0.2, 0) is 6.54 Å². The van der Waals surface area contributed by atoms with Crippen LogP contribution in [0.4, 0.5) is 0 Å². The zero-order valence-electron chi connectivity index (χ0n) is 15.1. The van der Waals surface area contributed by atoms with E-state index in [9.17, 15) is 4.79 Å². The molecule has 0 spiro atoms. The van der Waals surface area contributed by atoms with Crippen molar-refractivity contribution in [1.29, 1.82) is 0 Å². The van der Waals surface area contributed by atoms with Crippen LogP contribution in [0.3, 0.4) is 0 Å². The molecule has 0 radical (unpaired) electrons. The first kappa shape index (κ1) is 18.4. The summed E-state index contributed by atoms with van der Waals surface area (Å²) in [6.45, 7) is 0.475. The maximum atomic E-state index is 13.0. The van der Waals surface area contributed by atoms with Gasteiger partial charge in [0.1, 0.15) is 0 Å². The number of nitrogens with zero attached hydrogens (tertiary/aromatic N) is 1. The fourth-order valence-corrected chi connectivity index (χ4v) is 3.06. The van der Waals surface area contributed by atoms with Gasteiger partial charge in [0.05, 0.1) is 21.3 Å². The highest BCUT2D eigenvalue weighted by Gasteiger charge is 2.33. The summed E-state index contributed by atoms with van der Waals surface area (Å²) in [6, 6.07) is 11.0. The molecular weight excluding hydrogens is 354 g/mol. The van der Waals surface area contributed by atoms with Gasteiger partial charge < -0.3 is 19.1 Å². The third-order valence-corrected chi connectivity index (χ3v) is 4.67. The van der Waals surface area contributed by atoms with E-state index in [1.807, 2.05) is 17.0 Å². The SMILES string of the molecule is COc1cc(CN(C(=O)c2ccc(Cl)cc2)C2CC2)cc(OC)c1OC. The average molecular weight is 376 g/mol. The number of benzene rings is 2. The second-order valence-electron chi connectivity index (χ2n) is 6.20. The Morgan fingerprint density at radius 3 is 2.08 bits per heavy atom. The molecule has 0 atom stereocenters.